The van der Waals surface area contributed by atoms with Crippen molar-refractivity contribution in [1.29, 1.82) is 0 Å². The Kier molecular flexibility index (Phi) is 3.96. The molecule has 1 atom stereocenters. The van der Waals surface area contributed by atoms with Crippen LogP contribution in [0.25, 0.3) is 10.8 Å². The largest absolute Gasteiger partial charge is 0.444 e. The van der Waals surface area contributed by atoms with Crippen LogP contribution in [-0.2, 0) is 6.54 Å². The molecular weight excluding hydrogens is 260 g/mol. The fraction of sp³-hybridized carbons (Fsp3) is 0.500. The molecule has 0 spiro atoms. The van der Waals surface area contributed by atoms with Gasteiger partial charge < -0.3 is 9.52 Å². The molecule has 0 radical (unpaired) electrons. The van der Waals surface area contributed by atoms with Crippen molar-refractivity contribution in [3.05, 3.63) is 29.5 Å². The molecule has 3 heterocycles. The summed E-state index contributed by atoms with van der Waals surface area (Å²) < 4.78 is 5.53. The van der Waals surface area contributed by atoms with E-state index in [1.807, 2.05) is 17.5 Å². The predicted molar refractivity (Wildman–Crippen MR) is 74.9 cm³/mol. The third kappa shape index (κ3) is 3.05. The maximum atomic E-state index is 8.97. The minimum atomic E-state index is 0.297. The molecule has 0 aromatic carbocycles. The van der Waals surface area contributed by atoms with Gasteiger partial charge in [0.05, 0.1) is 10.6 Å². The van der Waals surface area contributed by atoms with Crippen molar-refractivity contribution in [3.63, 3.8) is 0 Å². The van der Waals surface area contributed by atoms with Crippen molar-refractivity contribution in [2.24, 2.45) is 5.92 Å². The molecule has 4 nitrogen and oxygen atoms in total. The van der Waals surface area contributed by atoms with Gasteiger partial charge in [-0.3, -0.25) is 4.90 Å². The number of hydrogen-bond donors (Lipinski definition) is 1. The summed E-state index contributed by atoms with van der Waals surface area (Å²) in [6, 6.07) is 4.03. The summed E-state index contributed by atoms with van der Waals surface area (Å²) in [6.07, 6.45) is 3.85. The van der Waals surface area contributed by atoms with Crippen LogP contribution in [0, 0.1) is 5.92 Å². The van der Waals surface area contributed by atoms with Crippen molar-refractivity contribution in [2.75, 3.05) is 19.7 Å². The first-order valence-corrected chi connectivity index (χ1v) is 7.54. The first-order valence-electron chi connectivity index (χ1n) is 6.66. The Balaban J connectivity index is 1.59. The Morgan fingerprint density at radius 3 is 3.26 bits per heavy atom. The van der Waals surface area contributed by atoms with Gasteiger partial charge in [0.25, 0.3) is 0 Å². The summed E-state index contributed by atoms with van der Waals surface area (Å²) in [5, 5.41) is 11.0. The normalized spacial score (nSPS) is 20.2. The molecule has 1 aliphatic rings. The van der Waals surface area contributed by atoms with Crippen molar-refractivity contribution in [3.8, 4) is 10.8 Å². The molecule has 0 amide bonds. The number of aromatic nitrogens is 1. The summed E-state index contributed by atoms with van der Waals surface area (Å²) in [4.78, 5) is 8.00. The van der Waals surface area contributed by atoms with Gasteiger partial charge in [0.2, 0.25) is 5.89 Å². The van der Waals surface area contributed by atoms with Gasteiger partial charge in [-0.05, 0) is 36.8 Å². The fourth-order valence-corrected chi connectivity index (χ4v) is 3.25. The number of oxazole rings is 1. The fourth-order valence-electron chi connectivity index (χ4n) is 2.60. The van der Waals surface area contributed by atoms with E-state index in [9.17, 15) is 0 Å². The van der Waals surface area contributed by atoms with Crippen LogP contribution in [0.5, 0.6) is 0 Å². The van der Waals surface area contributed by atoms with Crippen LogP contribution in [0.2, 0.25) is 0 Å². The molecule has 102 valence electrons. The maximum Gasteiger partial charge on any atom is 0.236 e. The lowest BCUT2D eigenvalue weighted by Gasteiger charge is -2.13. The Labute approximate surface area is 116 Å². The van der Waals surface area contributed by atoms with Gasteiger partial charge in [0, 0.05) is 19.7 Å². The zero-order valence-corrected chi connectivity index (χ0v) is 11.6. The van der Waals surface area contributed by atoms with Crippen LogP contribution in [0.4, 0.5) is 0 Å². The first-order chi connectivity index (χ1) is 9.35. The molecule has 1 N–H and O–H groups in total. The molecule has 1 fully saturated rings. The molecule has 3 rings (SSSR count). The van der Waals surface area contributed by atoms with Crippen LogP contribution in [0.1, 0.15) is 18.5 Å². The average molecular weight is 278 g/mol. The summed E-state index contributed by atoms with van der Waals surface area (Å²) in [7, 11) is 0. The molecule has 1 unspecified atom stereocenters. The highest BCUT2D eigenvalue weighted by atomic mass is 32.1. The van der Waals surface area contributed by atoms with Crippen LogP contribution >= 0.6 is 11.3 Å². The predicted octanol–water partition coefficient (Wildman–Crippen LogP) is 2.61. The van der Waals surface area contributed by atoms with E-state index in [2.05, 4.69) is 9.88 Å². The van der Waals surface area contributed by atoms with Gasteiger partial charge in [-0.2, -0.15) is 0 Å². The van der Waals surface area contributed by atoms with E-state index in [1.165, 1.54) is 6.42 Å². The van der Waals surface area contributed by atoms with Gasteiger partial charge in [0.1, 0.15) is 6.26 Å². The second-order valence-electron chi connectivity index (χ2n) is 5.02. The number of hydrogen-bond acceptors (Lipinski definition) is 5. The van der Waals surface area contributed by atoms with Crippen LogP contribution < -0.4 is 0 Å². The van der Waals surface area contributed by atoms with E-state index in [4.69, 9.17) is 9.52 Å². The van der Waals surface area contributed by atoms with E-state index >= 15 is 0 Å². The van der Waals surface area contributed by atoms with E-state index in [-0.39, 0.29) is 0 Å². The zero-order valence-electron chi connectivity index (χ0n) is 10.8. The summed E-state index contributed by atoms with van der Waals surface area (Å²) in [5.74, 6) is 1.35. The van der Waals surface area contributed by atoms with Gasteiger partial charge in [-0.1, -0.05) is 6.07 Å². The smallest absolute Gasteiger partial charge is 0.236 e. The van der Waals surface area contributed by atoms with E-state index < -0.39 is 0 Å². The lowest BCUT2D eigenvalue weighted by Crippen LogP contribution is -2.20. The van der Waals surface area contributed by atoms with Gasteiger partial charge in [-0.25, -0.2) is 4.98 Å². The Morgan fingerprint density at radius 1 is 1.53 bits per heavy atom. The lowest BCUT2D eigenvalue weighted by atomic mass is 10.1. The third-order valence-electron chi connectivity index (χ3n) is 3.58. The molecule has 2 aromatic heterocycles. The Bertz CT molecular complexity index is 509. The maximum absolute atomic E-state index is 8.97. The number of likely N-dealkylation sites (tertiary alicyclic amines) is 1. The molecule has 0 bridgehead atoms. The summed E-state index contributed by atoms with van der Waals surface area (Å²) in [6.45, 7) is 3.29. The van der Waals surface area contributed by atoms with Gasteiger partial charge in [0.15, 0.2) is 0 Å². The zero-order chi connectivity index (χ0) is 13.1. The molecule has 19 heavy (non-hydrogen) atoms. The topological polar surface area (TPSA) is 49.5 Å². The molecule has 0 saturated carbocycles. The number of aliphatic hydroxyl groups excluding tert-OH is 1. The third-order valence-corrected chi connectivity index (χ3v) is 4.43. The SMILES string of the molecule is OCCC1CCN(Cc2coc(-c3cccs3)n2)C1. The second-order valence-corrected chi connectivity index (χ2v) is 5.97. The van der Waals surface area contributed by atoms with E-state index in [0.717, 1.165) is 42.5 Å². The number of nitrogens with zero attached hydrogens (tertiary/aromatic N) is 2. The number of aliphatic hydroxyl groups is 1. The lowest BCUT2D eigenvalue weighted by molar-refractivity contribution is 0.249. The summed E-state index contributed by atoms with van der Waals surface area (Å²) >= 11 is 1.64. The standard InChI is InChI=1S/C14H18N2O2S/c17-6-4-11-3-5-16(8-11)9-12-10-18-14(15-12)13-2-1-7-19-13/h1-2,7,10-11,17H,3-6,8-9H2. The van der Waals surface area contributed by atoms with Crippen LogP contribution in [-0.4, -0.2) is 34.7 Å². The first kappa shape index (κ1) is 12.8. The van der Waals surface area contributed by atoms with Gasteiger partial charge >= 0.3 is 0 Å². The van der Waals surface area contributed by atoms with Gasteiger partial charge in [-0.15, -0.1) is 11.3 Å². The van der Waals surface area contributed by atoms with Crippen molar-refractivity contribution >= 4 is 11.3 Å². The van der Waals surface area contributed by atoms with Crippen LogP contribution in [0.15, 0.2) is 28.2 Å². The number of thiophene rings is 1. The monoisotopic (exact) mass is 278 g/mol. The number of rotatable bonds is 5. The minimum Gasteiger partial charge on any atom is -0.444 e. The quantitative estimate of drug-likeness (QED) is 0.913. The highest BCUT2D eigenvalue weighted by Gasteiger charge is 2.22. The van der Waals surface area contributed by atoms with E-state index in [1.54, 1.807) is 17.6 Å². The second kappa shape index (κ2) is 5.86. The molecular formula is C14H18N2O2S. The average Bonchev–Trinajstić information content (AvgIpc) is 3.10. The molecule has 1 aliphatic heterocycles. The Morgan fingerprint density at radius 2 is 2.47 bits per heavy atom. The highest BCUT2D eigenvalue weighted by molar-refractivity contribution is 7.13. The summed E-state index contributed by atoms with van der Waals surface area (Å²) in [5.41, 5.74) is 0.994. The van der Waals surface area contributed by atoms with E-state index in [0.29, 0.717) is 12.5 Å². The van der Waals surface area contributed by atoms with Crippen molar-refractivity contribution in [2.45, 2.75) is 19.4 Å². The molecule has 2 aromatic rings. The van der Waals surface area contributed by atoms with Crippen LogP contribution in [0.3, 0.4) is 0 Å². The van der Waals surface area contributed by atoms with Crippen molar-refractivity contribution < 1.29 is 9.52 Å². The van der Waals surface area contributed by atoms with Crippen molar-refractivity contribution in [1.82, 2.24) is 9.88 Å². The minimum absolute atomic E-state index is 0.297. The Hall–Kier alpha value is -1.17. The molecule has 0 aliphatic carbocycles. The molecule has 1 saturated heterocycles. The molecule has 5 heteroatoms. The highest BCUT2D eigenvalue weighted by Crippen LogP contribution is 2.25.